The third-order valence-corrected chi connectivity index (χ3v) is 5.54. The number of carboxylic acids is 2. The van der Waals surface area contributed by atoms with Crippen LogP contribution in [0.5, 0.6) is 0 Å². The zero-order valence-electron chi connectivity index (χ0n) is 20.5. The molecular formula is C24H50N2O4. The van der Waals surface area contributed by atoms with Crippen LogP contribution in [0.3, 0.4) is 0 Å². The molecule has 0 saturated carbocycles. The minimum Gasteiger partial charge on any atom is -0.481 e. The summed E-state index contributed by atoms with van der Waals surface area (Å²) in [4.78, 5) is 21.5. The Bertz CT molecular complexity index is 450. The van der Waals surface area contributed by atoms with Crippen LogP contribution in [-0.2, 0) is 9.59 Å². The van der Waals surface area contributed by atoms with Crippen molar-refractivity contribution >= 4 is 11.9 Å². The Morgan fingerprint density at radius 2 is 1.17 bits per heavy atom. The van der Waals surface area contributed by atoms with Crippen molar-refractivity contribution in [3.63, 3.8) is 0 Å². The molecule has 30 heavy (non-hydrogen) atoms. The predicted molar refractivity (Wildman–Crippen MR) is 125 cm³/mol. The summed E-state index contributed by atoms with van der Waals surface area (Å²) in [6, 6.07) is 0. The van der Waals surface area contributed by atoms with Crippen LogP contribution in [0.2, 0.25) is 0 Å². The number of hydrogen-bond donors (Lipinski definition) is 4. The molecule has 0 heterocycles. The first kappa shape index (κ1) is 31.0. The molecule has 0 aromatic rings. The minimum absolute atomic E-state index is 0.0807. The van der Waals surface area contributed by atoms with Gasteiger partial charge >= 0.3 is 11.9 Å². The van der Waals surface area contributed by atoms with E-state index in [9.17, 15) is 9.59 Å². The highest BCUT2D eigenvalue weighted by Crippen LogP contribution is 2.31. The minimum atomic E-state index is -0.764. The molecule has 0 saturated heterocycles. The molecular weight excluding hydrogens is 380 g/mol. The van der Waals surface area contributed by atoms with Gasteiger partial charge < -0.3 is 21.7 Å². The van der Waals surface area contributed by atoms with Gasteiger partial charge in [-0.3, -0.25) is 9.59 Å². The van der Waals surface area contributed by atoms with Gasteiger partial charge in [-0.15, -0.1) is 0 Å². The van der Waals surface area contributed by atoms with E-state index in [0.29, 0.717) is 6.42 Å². The summed E-state index contributed by atoms with van der Waals surface area (Å²) in [6.07, 6.45) is 9.42. The van der Waals surface area contributed by atoms with Crippen molar-refractivity contribution in [3.8, 4) is 0 Å². The van der Waals surface area contributed by atoms with Crippen molar-refractivity contribution in [2.45, 2.75) is 99.3 Å². The molecule has 0 amide bonds. The summed E-state index contributed by atoms with van der Waals surface area (Å²) >= 11 is 0. The van der Waals surface area contributed by atoms with Crippen LogP contribution >= 0.6 is 0 Å². The van der Waals surface area contributed by atoms with E-state index < -0.39 is 17.9 Å². The number of carboxylic acid groups (broad SMARTS) is 2. The van der Waals surface area contributed by atoms with Crippen LogP contribution in [-0.4, -0.2) is 35.2 Å². The van der Waals surface area contributed by atoms with Gasteiger partial charge in [0.1, 0.15) is 0 Å². The van der Waals surface area contributed by atoms with Gasteiger partial charge in [0.2, 0.25) is 0 Å². The normalized spacial score (nSPS) is 13.7. The summed E-state index contributed by atoms with van der Waals surface area (Å²) in [5.41, 5.74) is 10.9. The first-order valence-corrected chi connectivity index (χ1v) is 11.7. The van der Waals surface area contributed by atoms with Crippen LogP contribution in [0, 0.1) is 29.1 Å². The number of rotatable bonds is 16. The van der Waals surface area contributed by atoms with Crippen LogP contribution < -0.4 is 11.5 Å². The molecule has 0 aromatic carbocycles. The molecule has 6 heteroatoms. The van der Waals surface area contributed by atoms with Crippen LogP contribution in [0.25, 0.3) is 0 Å². The van der Waals surface area contributed by atoms with Crippen molar-refractivity contribution in [2.24, 2.45) is 40.6 Å². The summed E-state index contributed by atoms with van der Waals surface area (Å²) in [5, 5.41) is 17.7. The van der Waals surface area contributed by atoms with Gasteiger partial charge in [-0.2, -0.15) is 0 Å². The standard InChI is InChI=1S/C13H27NO2.C11H23NO2/c1-10(2)6-5-7-13(3,4)8-11(9-14)12(15)16;1-9(2)6-4-3-5-7-10(8-12)11(13)14/h10-11H,5-9,14H2,1-4H3,(H,15,16);9-10H,3-8,12H2,1-2H3,(H,13,14). The molecule has 6 N–H and O–H groups in total. The van der Waals surface area contributed by atoms with Crippen molar-refractivity contribution in [1.82, 2.24) is 0 Å². The third-order valence-electron chi connectivity index (χ3n) is 5.54. The Labute approximate surface area is 185 Å². The van der Waals surface area contributed by atoms with Gasteiger partial charge in [0.15, 0.2) is 0 Å². The highest BCUT2D eigenvalue weighted by atomic mass is 16.4. The van der Waals surface area contributed by atoms with Gasteiger partial charge in [-0.25, -0.2) is 0 Å². The molecule has 0 aliphatic carbocycles. The molecule has 2 unspecified atom stereocenters. The van der Waals surface area contributed by atoms with Crippen molar-refractivity contribution in [3.05, 3.63) is 0 Å². The number of unbranched alkanes of at least 4 members (excludes halogenated alkanes) is 2. The van der Waals surface area contributed by atoms with Gasteiger partial charge in [-0.05, 0) is 36.5 Å². The lowest BCUT2D eigenvalue weighted by atomic mass is 9.78. The van der Waals surface area contributed by atoms with Gasteiger partial charge in [-0.1, -0.05) is 80.1 Å². The van der Waals surface area contributed by atoms with E-state index in [1.54, 1.807) is 0 Å². The zero-order valence-corrected chi connectivity index (χ0v) is 20.5. The summed E-state index contributed by atoms with van der Waals surface area (Å²) < 4.78 is 0. The fourth-order valence-corrected chi connectivity index (χ4v) is 3.49. The zero-order chi connectivity index (χ0) is 23.7. The van der Waals surface area contributed by atoms with Crippen molar-refractivity contribution in [2.75, 3.05) is 13.1 Å². The molecule has 0 fully saturated rings. The second-order valence-electron chi connectivity index (χ2n) is 10.2. The summed E-state index contributed by atoms with van der Waals surface area (Å²) in [7, 11) is 0. The fourth-order valence-electron chi connectivity index (χ4n) is 3.49. The van der Waals surface area contributed by atoms with E-state index >= 15 is 0 Å². The van der Waals surface area contributed by atoms with E-state index in [4.69, 9.17) is 21.7 Å². The monoisotopic (exact) mass is 430 g/mol. The summed E-state index contributed by atoms with van der Waals surface area (Å²) in [6.45, 7) is 13.6. The molecule has 0 spiro atoms. The Morgan fingerprint density at radius 1 is 0.733 bits per heavy atom. The number of aliphatic carboxylic acids is 2. The quantitative estimate of drug-likeness (QED) is 0.251. The Hall–Kier alpha value is -1.14. The van der Waals surface area contributed by atoms with Gasteiger partial charge in [0.25, 0.3) is 0 Å². The van der Waals surface area contributed by atoms with Crippen molar-refractivity contribution < 1.29 is 19.8 Å². The lowest BCUT2D eigenvalue weighted by Gasteiger charge is -2.27. The first-order chi connectivity index (χ1) is 13.9. The Kier molecular flexibility index (Phi) is 18.1. The number of hydrogen-bond acceptors (Lipinski definition) is 4. The van der Waals surface area contributed by atoms with Crippen LogP contribution in [0.1, 0.15) is 99.3 Å². The first-order valence-electron chi connectivity index (χ1n) is 11.7. The van der Waals surface area contributed by atoms with E-state index in [2.05, 4.69) is 41.5 Å². The van der Waals surface area contributed by atoms with E-state index in [1.165, 1.54) is 25.7 Å². The highest BCUT2D eigenvalue weighted by Gasteiger charge is 2.26. The van der Waals surface area contributed by atoms with Crippen molar-refractivity contribution in [1.29, 1.82) is 0 Å². The molecule has 0 aliphatic heterocycles. The largest absolute Gasteiger partial charge is 0.481 e. The average Bonchev–Trinajstić information content (AvgIpc) is 2.62. The smallest absolute Gasteiger partial charge is 0.307 e. The fraction of sp³-hybridized carbons (Fsp3) is 0.917. The number of nitrogens with two attached hydrogens (primary N) is 2. The van der Waals surface area contributed by atoms with Gasteiger partial charge in [0.05, 0.1) is 11.8 Å². The maximum Gasteiger partial charge on any atom is 0.307 e. The second kappa shape index (κ2) is 17.5. The van der Waals surface area contributed by atoms with Gasteiger partial charge in [0, 0.05) is 13.1 Å². The second-order valence-corrected chi connectivity index (χ2v) is 10.2. The maximum atomic E-state index is 10.9. The summed E-state index contributed by atoms with van der Waals surface area (Å²) in [5.74, 6) is -0.778. The molecule has 0 aliphatic rings. The maximum absolute atomic E-state index is 10.9. The molecule has 0 bridgehead atoms. The lowest BCUT2D eigenvalue weighted by Crippen LogP contribution is -2.29. The molecule has 0 rings (SSSR count). The average molecular weight is 431 g/mol. The molecule has 0 radical (unpaired) electrons. The molecule has 6 nitrogen and oxygen atoms in total. The van der Waals surface area contributed by atoms with Crippen LogP contribution in [0.15, 0.2) is 0 Å². The SMILES string of the molecule is CC(C)CCCC(C)(C)CC(CN)C(=O)O.CC(C)CCCCCC(CN)C(=O)O. The highest BCUT2D eigenvalue weighted by molar-refractivity contribution is 5.70. The Morgan fingerprint density at radius 3 is 1.57 bits per heavy atom. The van der Waals surface area contributed by atoms with Crippen LogP contribution in [0.4, 0.5) is 0 Å². The topological polar surface area (TPSA) is 127 Å². The van der Waals surface area contributed by atoms with E-state index in [-0.39, 0.29) is 24.4 Å². The molecule has 180 valence electrons. The third kappa shape index (κ3) is 18.9. The Balaban J connectivity index is 0. The lowest BCUT2D eigenvalue weighted by molar-refractivity contribution is -0.143. The number of carbonyl (C=O) groups is 2. The van der Waals surface area contributed by atoms with E-state index in [1.807, 2.05) is 0 Å². The molecule has 2 atom stereocenters. The van der Waals surface area contributed by atoms with E-state index in [0.717, 1.165) is 37.5 Å². The predicted octanol–water partition coefficient (Wildman–Crippen LogP) is 5.14. The molecule has 0 aromatic heterocycles.